The SMILES string of the molecule is Cc1ccc(S(=O)(=O)N2CC(C(=O)NCCOc3ccc(F)cc3)Oc3cc(C)ccc32)cc1. The van der Waals surface area contributed by atoms with Crippen molar-refractivity contribution in [1.29, 1.82) is 0 Å². The molecule has 0 saturated carbocycles. The summed E-state index contributed by atoms with van der Waals surface area (Å²) in [6, 6.07) is 17.3. The largest absolute Gasteiger partial charge is 0.492 e. The van der Waals surface area contributed by atoms with Crippen LogP contribution in [0.3, 0.4) is 0 Å². The Balaban J connectivity index is 1.49. The lowest BCUT2D eigenvalue weighted by atomic mass is 10.1. The van der Waals surface area contributed by atoms with Crippen molar-refractivity contribution in [2.24, 2.45) is 0 Å². The zero-order valence-corrected chi connectivity index (χ0v) is 19.6. The molecule has 1 aliphatic heterocycles. The number of anilines is 1. The molecule has 3 aromatic carbocycles. The molecule has 1 unspecified atom stereocenters. The van der Waals surface area contributed by atoms with Crippen molar-refractivity contribution in [2.45, 2.75) is 24.8 Å². The van der Waals surface area contributed by atoms with E-state index < -0.39 is 22.0 Å². The molecule has 1 aliphatic rings. The third-order valence-electron chi connectivity index (χ3n) is 5.37. The van der Waals surface area contributed by atoms with Crippen molar-refractivity contribution < 1.29 is 27.1 Å². The Hall–Kier alpha value is -3.59. The highest BCUT2D eigenvalue weighted by Gasteiger charge is 2.37. The van der Waals surface area contributed by atoms with Crippen molar-refractivity contribution in [3.63, 3.8) is 0 Å². The maximum absolute atomic E-state index is 13.4. The van der Waals surface area contributed by atoms with Gasteiger partial charge in [0.2, 0.25) is 0 Å². The van der Waals surface area contributed by atoms with Gasteiger partial charge < -0.3 is 14.8 Å². The predicted octanol–water partition coefficient (Wildman–Crippen LogP) is 3.59. The molecule has 0 saturated heterocycles. The van der Waals surface area contributed by atoms with E-state index in [1.807, 2.05) is 13.8 Å². The molecule has 0 radical (unpaired) electrons. The molecule has 34 heavy (non-hydrogen) atoms. The third kappa shape index (κ3) is 5.14. The number of benzene rings is 3. The van der Waals surface area contributed by atoms with Gasteiger partial charge >= 0.3 is 0 Å². The summed E-state index contributed by atoms with van der Waals surface area (Å²) in [6.07, 6.45) is -1.04. The van der Waals surface area contributed by atoms with Crippen LogP contribution in [0.25, 0.3) is 0 Å². The maximum atomic E-state index is 13.4. The lowest BCUT2D eigenvalue weighted by molar-refractivity contribution is -0.127. The number of nitrogens with zero attached hydrogens (tertiary/aromatic N) is 1. The second-order valence-corrected chi connectivity index (χ2v) is 9.88. The van der Waals surface area contributed by atoms with Crippen LogP contribution in [-0.4, -0.2) is 40.1 Å². The standard InChI is InChI=1S/C25H25FN2O5S/c1-17-3-10-21(11-4-17)34(30,31)28-16-24(33-23-15-18(2)5-12-22(23)28)25(29)27-13-14-32-20-8-6-19(26)7-9-20/h3-12,15,24H,13-14,16H2,1-2H3,(H,27,29). The molecule has 7 nitrogen and oxygen atoms in total. The fourth-order valence-corrected chi connectivity index (χ4v) is 5.03. The first-order valence-corrected chi connectivity index (χ1v) is 12.2. The second-order valence-electron chi connectivity index (χ2n) is 8.02. The monoisotopic (exact) mass is 484 g/mol. The van der Waals surface area contributed by atoms with Gasteiger partial charge in [-0.2, -0.15) is 0 Å². The summed E-state index contributed by atoms with van der Waals surface area (Å²) in [5.74, 6) is -0.0243. The first-order valence-electron chi connectivity index (χ1n) is 10.8. The van der Waals surface area contributed by atoms with Crippen LogP contribution in [0.1, 0.15) is 11.1 Å². The Morgan fingerprint density at radius 2 is 1.74 bits per heavy atom. The van der Waals surface area contributed by atoms with Gasteiger partial charge in [0.25, 0.3) is 15.9 Å². The normalized spacial score (nSPS) is 15.3. The molecule has 0 fully saturated rings. The quantitative estimate of drug-likeness (QED) is 0.518. The van der Waals surface area contributed by atoms with Crippen LogP contribution >= 0.6 is 0 Å². The minimum Gasteiger partial charge on any atom is -0.492 e. The molecule has 1 heterocycles. The highest BCUT2D eigenvalue weighted by molar-refractivity contribution is 7.92. The van der Waals surface area contributed by atoms with E-state index >= 15 is 0 Å². The Kier molecular flexibility index (Phi) is 6.74. The van der Waals surface area contributed by atoms with Gasteiger partial charge in [0, 0.05) is 0 Å². The van der Waals surface area contributed by atoms with E-state index in [0.717, 1.165) is 11.1 Å². The van der Waals surface area contributed by atoms with Crippen LogP contribution in [-0.2, 0) is 14.8 Å². The number of hydrogen-bond donors (Lipinski definition) is 1. The van der Waals surface area contributed by atoms with Gasteiger partial charge in [0.15, 0.2) is 6.10 Å². The van der Waals surface area contributed by atoms with Crippen LogP contribution in [0.4, 0.5) is 10.1 Å². The maximum Gasteiger partial charge on any atom is 0.264 e. The number of nitrogens with one attached hydrogen (secondary N) is 1. The minimum absolute atomic E-state index is 0.137. The van der Waals surface area contributed by atoms with Crippen molar-refractivity contribution in [2.75, 3.05) is 24.0 Å². The Morgan fingerprint density at radius 3 is 2.44 bits per heavy atom. The molecule has 4 rings (SSSR count). The summed E-state index contributed by atoms with van der Waals surface area (Å²) < 4.78 is 52.5. The van der Waals surface area contributed by atoms with Gasteiger partial charge in [-0.15, -0.1) is 0 Å². The minimum atomic E-state index is -3.92. The van der Waals surface area contributed by atoms with Gasteiger partial charge in [-0.05, 0) is 67.9 Å². The molecule has 0 spiro atoms. The van der Waals surface area contributed by atoms with Gasteiger partial charge in [-0.25, -0.2) is 12.8 Å². The lowest BCUT2D eigenvalue weighted by Gasteiger charge is -2.35. The zero-order valence-electron chi connectivity index (χ0n) is 18.8. The van der Waals surface area contributed by atoms with Gasteiger partial charge in [-0.1, -0.05) is 23.8 Å². The number of carbonyl (C=O) groups excluding carboxylic acids is 1. The van der Waals surface area contributed by atoms with Crippen LogP contribution in [0.15, 0.2) is 71.6 Å². The molecule has 0 aliphatic carbocycles. The predicted molar refractivity (Wildman–Crippen MR) is 126 cm³/mol. The number of sulfonamides is 1. The molecule has 3 aromatic rings. The summed E-state index contributed by atoms with van der Waals surface area (Å²) in [5, 5.41) is 2.71. The summed E-state index contributed by atoms with van der Waals surface area (Å²) in [4.78, 5) is 13.0. The molecule has 1 amide bonds. The first kappa shape index (κ1) is 23.6. The summed E-state index contributed by atoms with van der Waals surface area (Å²) >= 11 is 0. The Labute approximate surface area is 198 Å². The molecule has 1 N–H and O–H groups in total. The van der Waals surface area contributed by atoms with E-state index in [1.54, 1.807) is 42.5 Å². The van der Waals surface area contributed by atoms with Crippen LogP contribution in [0.2, 0.25) is 0 Å². The van der Waals surface area contributed by atoms with E-state index in [1.165, 1.54) is 28.6 Å². The van der Waals surface area contributed by atoms with E-state index in [0.29, 0.717) is 17.2 Å². The molecular weight excluding hydrogens is 459 g/mol. The number of halogens is 1. The average Bonchev–Trinajstić information content (AvgIpc) is 2.82. The molecule has 0 bridgehead atoms. The topological polar surface area (TPSA) is 84.9 Å². The van der Waals surface area contributed by atoms with Crippen molar-refractivity contribution in [3.05, 3.63) is 83.7 Å². The molecular formula is C25H25FN2O5S. The Bertz CT molecular complexity index is 1280. The molecule has 1 atom stereocenters. The summed E-state index contributed by atoms with van der Waals surface area (Å²) in [7, 11) is -3.92. The summed E-state index contributed by atoms with van der Waals surface area (Å²) in [6.45, 7) is 3.89. The lowest BCUT2D eigenvalue weighted by Crippen LogP contribution is -2.51. The van der Waals surface area contributed by atoms with E-state index in [-0.39, 0.29) is 30.4 Å². The molecule has 178 valence electrons. The zero-order chi connectivity index (χ0) is 24.3. The van der Waals surface area contributed by atoms with E-state index in [2.05, 4.69) is 5.32 Å². The summed E-state index contributed by atoms with van der Waals surface area (Å²) in [5.41, 5.74) is 2.20. The number of amides is 1. The van der Waals surface area contributed by atoms with Gasteiger partial charge in [0.05, 0.1) is 23.7 Å². The highest BCUT2D eigenvalue weighted by atomic mass is 32.2. The molecule has 9 heteroatoms. The average molecular weight is 485 g/mol. The van der Waals surface area contributed by atoms with Crippen molar-refractivity contribution in [1.82, 2.24) is 5.32 Å². The smallest absolute Gasteiger partial charge is 0.264 e. The van der Waals surface area contributed by atoms with E-state index in [4.69, 9.17) is 9.47 Å². The number of aryl methyl sites for hydroxylation is 2. The number of hydrogen-bond acceptors (Lipinski definition) is 5. The second kappa shape index (κ2) is 9.72. The van der Waals surface area contributed by atoms with Crippen molar-refractivity contribution in [3.8, 4) is 11.5 Å². The number of ether oxygens (including phenoxy) is 2. The van der Waals surface area contributed by atoms with Gasteiger partial charge in [-0.3, -0.25) is 9.10 Å². The first-order chi connectivity index (χ1) is 16.2. The number of fused-ring (bicyclic) bond motifs is 1. The fourth-order valence-electron chi connectivity index (χ4n) is 3.55. The fraction of sp³-hybridized carbons (Fsp3) is 0.240. The van der Waals surface area contributed by atoms with E-state index in [9.17, 15) is 17.6 Å². The van der Waals surface area contributed by atoms with Crippen molar-refractivity contribution >= 4 is 21.6 Å². The van der Waals surface area contributed by atoms with Crippen LogP contribution < -0.4 is 19.1 Å². The van der Waals surface area contributed by atoms with Crippen LogP contribution in [0.5, 0.6) is 11.5 Å². The van der Waals surface area contributed by atoms with Crippen LogP contribution in [0, 0.1) is 19.7 Å². The highest BCUT2D eigenvalue weighted by Crippen LogP contribution is 2.37. The van der Waals surface area contributed by atoms with Gasteiger partial charge in [0.1, 0.15) is 23.9 Å². The number of rotatable bonds is 7. The third-order valence-corrected chi connectivity index (χ3v) is 7.16. The molecule has 0 aromatic heterocycles. The number of carbonyl (C=O) groups is 1. The Morgan fingerprint density at radius 1 is 1.06 bits per heavy atom.